The zero-order valence-corrected chi connectivity index (χ0v) is 9.05. The summed E-state index contributed by atoms with van der Waals surface area (Å²) in [6.07, 6.45) is 7.23. The van der Waals surface area contributed by atoms with Gasteiger partial charge in [0.1, 0.15) is 0 Å². The van der Waals surface area contributed by atoms with Gasteiger partial charge in [0.15, 0.2) is 0 Å². The summed E-state index contributed by atoms with van der Waals surface area (Å²) in [4.78, 5) is 0. The van der Waals surface area contributed by atoms with Crippen LogP contribution in [0, 0.1) is 17.8 Å². The summed E-state index contributed by atoms with van der Waals surface area (Å²) in [6.45, 7) is 5.90. The van der Waals surface area contributed by atoms with Crippen molar-refractivity contribution >= 4 is 0 Å². The number of nitrogens with one attached hydrogen (secondary N) is 1. The lowest BCUT2D eigenvalue weighted by atomic mass is 9.77. The predicted molar refractivity (Wildman–Crippen MR) is 56.7 cm³/mol. The predicted octanol–water partition coefficient (Wildman–Crippen LogP) is 2.81. The minimum atomic E-state index is 0.878. The van der Waals surface area contributed by atoms with E-state index in [1.54, 1.807) is 0 Å². The molecule has 2 fully saturated rings. The van der Waals surface area contributed by atoms with Crippen molar-refractivity contribution in [2.24, 2.45) is 17.8 Å². The minimum Gasteiger partial charge on any atom is -0.313 e. The second-order valence-electron chi connectivity index (χ2n) is 5.05. The topological polar surface area (TPSA) is 12.0 Å². The molecule has 0 aliphatic heterocycles. The second kappa shape index (κ2) is 4.00. The van der Waals surface area contributed by atoms with E-state index in [0.29, 0.717) is 0 Å². The summed E-state index contributed by atoms with van der Waals surface area (Å²) < 4.78 is 0. The number of hydrogen-bond donors (Lipinski definition) is 1. The Balaban J connectivity index is 1.80. The van der Waals surface area contributed by atoms with Gasteiger partial charge in [-0.2, -0.15) is 0 Å². The minimum absolute atomic E-state index is 0.878. The molecule has 3 unspecified atom stereocenters. The highest BCUT2D eigenvalue weighted by Crippen LogP contribution is 2.46. The molecule has 0 bridgehead atoms. The van der Waals surface area contributed by atoms with Gasteiger partial charge in [0, 0.05) is 6.04 Å². The van der Waals surface area contributed by atoms with E-state index in [9.17, 15) is 0 Å². The molecule has 2 saturated carbocycles. The third kappa shape index (κ3) is 2.07. The van der Waals surface area contributed by atoms with E-state index in [2.05, 4.69) is 19.2 Å². The molecule has 0 aromatic heterocycles. The van der Waals surface area contributed by atoms with Crippen molar-refractivity contribution in [3.63, 3.8) is 0 Å². The fourth-order valence-electron chi connectivity index (χ4n) is 2.63. The third-order valence-electron chi connectivity index (χ3n) is 3.92. The van der Waals surface area contributed by atoms with Crippen molar-refractivity contribution in [1.82, 2.24) is 5.32 Å². The van der Waals surface area contributed by atoms with E-state index in [1.807, 2.05) is 0 Å². The fourth-order valence-corrected chi connectivity index (χ4v) is 2.63. The van der Waals surface area contributed by atoms with Crippen LogP contribution in [0.5, 0.6) is 0 Å². The largest absolute Gasteiger partial charge is 0.313 e. The highest BCUT2D eigenvalue weighted by Gasteiger charge is 2.43. The van der Waals surface area contributed by atoms with E-state index < -0.39 is 0 Å². The van der Waals surface area contributed by atoms with Crippen molar-refractivity contribution in [2.45, 2.75) is 52.0 Å². The second-order valence-corrected chi connectivity index (χ2v) is 5.05. The summed E-state index contributed by atoms with van der Waals surface area (Å²) in [5.41, 5.74) is 0. The molecule has 3 atom stereocenters. The molecular weight excluding hydrogens is 158 g/mol. The molecule has 1 nitrogen and oxygen atoms in total. The third-order valence-corrected chi connectivity index (χ3v) is 3.92. The Morgan fingerprint density at radius 1 is 1.38 bits per heavy atom. The maximum atomic E-state index is 3.76. The highest BCUT2D eigenvalue weighted by atomic mass is 14.9. The van der Waals surface area contributed by atoms with E-state index in [0.717, 1.165) is 23.8 Å². The Hall–Kier alpha value is -0.0400. The van der Waals surface area contributed by atoms with Crippen LogP contribution in [-0.4, -0.2) is 12.6 Å². The zero-order chi connectivity index (χ0) is 9.26. The molecule has 2 rings (SSSR count). The fraction of sp³-hybridized carbons (Fsp3) is 1.00. The molecule has 0 aromatic rings. The van der Waals surface area contributed by atoms with E-state index in [-0.39, 0.29) is 0 Å². The van der Waals surface area contributed by atoms with Gasteiger partial charge in [-0.05, 0) is 50.0 Å². The lowest BCUT2D eigenvalue weighted by molar-refractivity contribution is 0.205. The normalized spacial score (nSPS) is 35.5. The van der Waals surface area contributed by atoms with Crippen molar-refractivity contribution in [2.75, 3.05) is 6.54 Å². The first-order chi connectivity index (χ1) is 6.33. The first-order valence-corrected chi connectivity index (χ1v) is 6.06. The molecule has 0 saturated heterocycles. The van der Waals surface area contributed by atoms with Crippen molar-refractivity contribution in [3.05, 3.63) is 0 Å². The molecule has 0 amide bonds. The van der Waals surface area contributed by atoms with Crippen LogP contribution in [0.15, 0.2) is 0 Å². The summed E-state index contributed by atoms with van der Waals surface area (Å²) >= 11 is 0. The molecule has 0 aromatic carbocycles. The van der Waals surface area contributed by atoms with Gasteiger partial charge in [0.25, 0.3) is 0 Å². The summed E-state index contributed by atoms with van der Waals surface area (Å²) in [5.74, 6) is 3.06. The maximum absolute atomic E-state index is 3.76. The average Bonchev–Trinajstić information content (AvgIpc) is 2.72. The SMILES string of the molecule is CCCNC(C1CCC1)C1CC1C. The van der Waals surface area contributed by atoms with Crippen molar-refractivity contribution < 1.29 is 0 Å². The van der Waals surface area contributed by atoms with Gasteiger partial charge in [-0.25, -0.2) is 0 Å². The Morgan fingerprint density at radius 3 is 2.46 bits per heavy atom. The average molecular weight is 181 g/mol. The van der Waals surface area contributed by atoms with Crippen molar-refractivity contribution in [3.8, 4) is 0 Å². The first-order valence-electron chi connectivity index (χ1n) is 6.06. The summed E-state index contributed by atoms with van der Waals surface area (Å²) in [5, 5.41) is 3.76. The maximum Gasteiger partial charge on any atom is 0.0126 e. The van der Waals surface area contributed by atoms with Gasteiger partial charge in [0.05, 0.1) is 0 Å². The molecule has 13 heavy (non-hydrogen) atoms. The number of hydrogen-bond acceptors (Lipinski definition) is 1. The molecular formula is C12H23N. The smallest absolute Gasteiger partial charge is 0.0126 e. The molecule has 1 N–H and O–H groups in total. The lowest BCUT2D eigenvalue weighted by Crippen LogP contribution is -2.41. The standard InChI is InChI=1S/C12H23N/c1-3-7-13-12(10-5-4-6-10)11-8-9(11)2/h9-13H,3-8H2,1-2H3. The molecule has 76 valence electrons. The van der Waals surface area contributed by atoms with Crippen molar-refractivity contribution in [1.29, 1.82) is 0 Å². The van der Waals surface area contributed by atoms with Gasteiger partial charge in [0.2, 0.25) is 0 Å². The Labute approximate surface area is 82.3 Å². The Morgan fingerprint density at radius 2 is 2.08 bits per heavy atom. The summed E-state index contributed by atoms with van der Waals surface area (Å²) in [7, 11) is 0. The lowest BCUT2D eigenvalue weighted by Gasteiger charge is -2.35. The Kier molecular flexibility index (Phi) is 2.92. The zero-order valence-electron chi connectivity index (χ0n) is 9.05. The molecule has 0 radical (unpaired) electrons. The monoisotopic (exact) mass is 181 g/mol. The highest BCUT2D eigenvalue weighted by molar-refractivity contribution is 4.97. The van der Waals surface area contributed by atoms with Crippen LogP contribution in [0.3, 0.4) is 0 Å². The van der Waals surface area contributed by atoms with Crippen LogP contribution in [0.2, 0.25) is 0 Å². The quantitative estimate of drug-likeness (QED) is 0.687. The number of rotatable bonds is 5. The van der Waals surface area contributed by atoms with Gasteiger partial charge in [-0.15, -0.1) is 0 Å². The van der Waals surface area contributed by atoms with Crippen LogP contribution >= 0.6 is 0 Å². The van der Waals surface area contributed by atoms with Gasteiger partial charge < -0.3 is 5.32 Å². The van der Waals surface area contributed by atoms with E-state index in [1.165, 1.54) is 38.6 Å². The van der Waals surface area contributed by atoms with Gasteiger partial charge in [-0.1, -0.05) is 20.3 Å². The van der Waals surface area contributed by atoms with E-state index >= 15 is 0 Å². The van der Waals surface area contributed by atoms with Crippen LogP contribution in [0.4, 0.5) is 0 Å². The van der Waals surface area contributed by atoms with Crippen LogP contribution in [-0.2, 0) is 0 Å². The molecule has 1 heteroatoms. The van der Waals surface area contributed by atoms with Crippen LogP contribution in [0.1, 0.15) is 46.0 Å². The molecule has 2 aliphatic carbocycles. The summed E-state index contributed by atoms with van der Waals surface area (Å²) in [6, 6.07) is 0.878. The van der Waals surface area contributed by atoms with Gasteiger partial charge in [-0.3, -0.25) is 0 Å². The van der Waals surface area contributed by atoms with Gasteiger partial charge >= 0.3 is 0 Å². The molecule has 2 aliphatic rings. The first kappa shape index (κ1) is 9.51. The van der Waals surface area contributed by atoms with Crippen LogP contribution in [0.25, 0.3) is 0 Å². The molecule has 0 heterocycles. The molecule has 0 spiro atoms. The van der Waals surface area contributed by atoms with E-state index in [4.69, 9.17) is 0 Å². The van der Waals surface area contributed by atoms with Crippen LogP contribution < -0.4 is 5.32 Å². The Bertz CT molecular complexity index is 158.